The highest BCUT2D eigenvalue weighted by Gasteiger charge is 2.24. The van der Waals surface area contributed by atoms with Crippen molar-refractivity contribution in [3.63, 3.8) is 0 Å². The molecule has 0 aliphatic heterocycles. The van der Waals surface area contributed by atoms with Crippen molar-refractivity contribution in [3.05, 3.63) is 31.1 Å². The second-order valence-electron chi connectivity index (χ2n) is 4.10. The molecule has 0 unspecified atom stereocenters. The third-order valence-electron chi connectivity index (χ3n) is 2.85. The molecule has 0 bridgehead atoms. The van der Waals surface area contributed by atoms with E-state index >= 15 is 0 Å². The number of fused-ring (bicyclic) bond motifs is 1. The van der Waals surface area contributed by atoms with Crippen LogP contribution in [0.2, 0.25) is 0 Å². The molecular formula is C9H10N4O6S. The third kappa shape index (κ3) is 1.75. The molecule has 0 amide bonds. The molecule has 0 atom stereocenters. The second-order valence-corrected chi connectivity index (χ2v) is 5.46. The lowest BCUT2D eigenvalue weighted by atomic mass is 10.3. The predicted molar refractivity (Wildman–Crippen MR) is 69.3 cm³/mol. The highest BCUT2D eigenvalue weighted by Crippen LogP contribution is 2.13. The Morgan fingerprint density at radius 1 is 1.15 bits per heavy atom. The Kier molecular flexibility index (Phi) is 2.84. The van der Waals surface area contributed by atoms with Crippen molar-refractivity contribution >= 4 is 27.0 Å². The zero-order valence-electron chi connectivity index (χ0n) is 10.4. The molecule has 0 fully saturated rings. The minimum absolute atomic E-state index is 0.229. The van der Waals surface area contributed by atoms with E-state index in [2.05, 4.69) is 4.98 Å². The van der Waals surface area contributed by atoms with Crippen LogP contribution in [-0.2, 0) is 24.2 Å². The van der Waals surface area contributed by atoms with Crippen LogP contribution >= 0.6 is 0 Å². The molecule has 11 heteroatoms. The zero-order chi connectivity index (χ0) is 15.4. The number of H-pyrrole nitrogens is 1. The van der Waals surface area contributed by atoms with E-state index in [-0.39, 0.29) is 5.65 Å². The molecule has 0 aromatic carbocycles. The SMILES string of the molecule is Cn1c(=O)c2c(=O)c(S(=O)(=O)O)c(N)[nH]c2n(C)c1=O. The molecule has 20 heavy (non-hydrogen) atoms. The first-order valence-corrected chi connectivity index (χ1v) is 6.60. The van der Waals surface area contributed by atoms with Gasteiger partial charge in [0.1, 0.15) is 16.9 Å². The van der Waals surface area contributed by atoms with Crippen LogP contribution < -0.4 is 22.4 Å². The van der Waals surface area contributed by atoms with Gasteiger partial charge in [-0.2, -0.15) is 8.42 Å². The Morgan fingerprint density at radius 3 is 2.20 bits per heavy atom. The number of aryl methyl sites for hydroxylation is 1. The van der Waals surface area contributed by atoms with Crippen LogP contribution in [0.5, 0.6) is 0 Å². The lowest BCUT2D eigenvalue weighted by molar-refractivity contribution is 0.482. The summed E-state index contributed by atoms with van der Waals surface area (Å²) in [5.74, 6) is -0.659. The van der Waals surface area contributed by atoms with Crippen LogP contribution in [0.15, 0.2) is 19.3 Å². The number of anilines is 1. The van der Waals surface area contributed by atoms with Gasteiger partial charge in [0.25, 0.3) is 5.56 Å². The molecule has 10 nitrogen and oxygen atoms in total. The fraction of sp³-hybridized carbons (Fsp3) is 0.222. The van der Waals surface area contributed by atoms with Crippen molar-refractivity contribution in [1.82, 2.24) is 14.1 Å². The van der Waals surface area contributed by atoms with Crippen LogP contribution in [0.25, 0.3) is 11.0 Å². The summed E-state index contributed by atoms with van der Waals surface area (Å²) in [4.78, 5) is 36.8. The van der Waals surface area contributed by atoms with Gasteiger partial charge in [0, 0.05) is 14.1 Å². The number of hydrogen-bond donors (Lipinski definition) is 3. The lowest BCUT2D eigenvalue weighted by Crippen LogP contribution is -2.40. The number of nitrogens with two attached hydrogens (primary N) is 1. The van der Waals surface area contributed by atoms with Crippen LogP contribution in [0, 0.1) is 0 Å². The first-order chi connectivity index (χ1) is 9.07. The molecule has 0 saturated heterocycles. The summed E-state index contributed by atoms with van der Waals surface area (Å²) >= 11 is 0. The first kappa shape index (κ1) is 14.0. The highest BCUT2D eigenvalue weighted by molar-refractivity contribution is 7.86. The molecule has 108 valence electrons. The summed E-state index contributed by atoms with van der Waals surface area (Å²) < 4.78 is 32.9. The monoisotopic (exact) mass is 302 g/mol. The van der Waals surface area contributed by atoms with Crippen molar-refractivity contribution in [2.45, 2.75) is 4.90 Å². The van der Waals surface area contributed by atoms with Gasteiger partial charge in [-0.25, -0.2) is 4.79 Å². The summed E-state index contributed by atoms with van der Waals surface area (Å²) in [6, 6.07) is 0. The minimum atomic E-state index is -4.91. The molecule has 2 heterocycles. The fourth-order valence-electron chi connectivity index (χ4n) is 1.87. The Balaban J connectivity index is 3.31. The molecular weight excluding hydrogens is 292 g/mol. The normalized spacial score (nSPS) is 11.9. The minimum Gasteiger partial charge on any atom is -0.384 e. The summed E-state index contributed by atoms with van der Waals surface area (Å²) in [7, 11) is -2.51. The van der Waals surface area contributed by atoms with Gasteiger partial charge in [-0.3, -0.25) is 23.3 Å². The lowest BCUT2D eigenvalue weighted by Gasteiger charge is -2.09. The van der Waals surface area contributed by atoms with Gasteiger partial charge in [0.15, 0.2) is 4.90 Å². The summed E-state index contributed by atoms with van der Waals surface area (Å²) in [6.07, 6.45) is 0. The van der Waals surface area contributed by atoms with Crippen molar-refractivity contribution in [2.24, 2.45) is 14.1 Å². The standard InChI is InChI=1S/C9H10N4O6S/c1-12-7-3(8(15)13(2)9(12)16)4(14)5(6(10)11-7)20(17,18)19/h1-2H3,(H3,10,11,14)(H,17,18,19). The van der Waals surface area contributed by atoms with E-state index in [9.17, 15) is 22.8 Å². The maximum atomic E-state index is 12.1. The number of aromatic amines is 1. The number of rotatable bonds is 1. The average molecular weight is 302 g/mol. The number of pyridine rings is 1. The summed E-state index contributed by atoms with van der Waals surface area (Å²) in [6.45, 7) is 0. The van der Waals surface area contributed by atoms with Crippen molar-refractivity contribution in [3.8, 4) is 0 Å². The molecule has 0 aliphatic rings. The van der Waals surface area contributed by atoms with E-state index in [0.29, 0.717) is 4.57 Å². The van der Waals surface area contributed by atoms with E-state index in [1.807, 2.05) is 0 Å². The summed E-state index contributed by atoms with van der Waals surface area (Å²) in [5, 5.41) is -0.587. The predicted octanol–water partition coefficient (Wildman–Crippen LogP) is -2.25. The Morgan fingerprint density at radius 2 is 1.70 bits per heavy atom. The molecule has 0 aliphatic carbocycles. The van der Waals surface area contributed by atoms with Crippen LogP contribution in [-0.4, -0.2) is 27.1 Å². The fourth-order valence-corrected chi connectivity index (χ4v) is 2.54. The number of aromatic nitrogens is 3. The van der Waals surface area contributed by atoms with Gasteiger partial charge < -0.3 is 10.7 Å². The van der Waals surface area contributed by atoms with Gasteiger partial charge in [-0.05, 0) is 0 Å². The Hall–Kier alpha value is -2.40. The van der Waals surface area contributed by atoms with Gasteiger partial charge >= 0.3 is 15.8 Å². The van der Waals surface area contributed by atoms with Gasteiger partial charge in [0.05, 0.1) is 0 Å². The van der Waals surface area contributed by atoms with E-state index in [1.54, 1.807) is 0 Å². The molecule has 2 aromatic rings. The Bertz CT molecular complexity index is 1010. The van der Waals surface area contributed by atoms with Crippen molar-refractivity contribution < 1.29 is 13.0 Å². The third-order valence-corrected chi connectivity index (χ3v) is 3.77. The van der Waals surface area contributed by atoms with Gasteiger partial charge in [-0.15, -0.1) is 0 Å². The van der Waals surface area contributed by atoms with Gasteiger partial charge in [-0.1, -0.05) is 0 Å². The first-order valence-electron chi connectivity index (χ1n) is 5.16. The van der Waals surface area contributed by atoms with E-state index < -0.39 is 42.9 Å². The molecule has 2 rings (SSSR count). The van der Waals surface area contributed by atoms with Gasteiger partial charge in [0.2, 0.25) is 5.43 Å². The van der Waals surface area contributed by atoms with E-state index in [1.165, 1.54) is 7.05 Å². The van der Waals surface area contributed by atoms with Crippen LogP contribution in [0.1, 0.15) is 0 Å². The zero-order valence-corrected chi connectivity index (χ0v) is 11.2. The highest BCUT2D eigenvalue weighted by atomic mass is 32.2. The maximum Gasteiger partial charge on any atom is 0.332 e. The maximum absolute atomic E-state index is 12.1. The smallest absolute Gasteiger partial charge is 0.332 e. The quantitative estimate of drug-likeness (QED) is 0.502. The summed E-state index contributed by atoms with van der Waals surface area (Å²) in [5.41, 5.74) is 2.15. The molecule has 2 aromatic heterocycles. The molecule has 4 N–H and O–H groups in total. The molecule has 0 spiro atoms. The van der Waals surface area contributed by atoms with E-state index in [4.69, 9.17) is 10.3 Å². The Labute approximate surface area is 110 Å². The molecule has 0 radical (unpaired) electrons. The topological polar surface area (TPSA) is 157 Å². The molecule has 0 saturated carbocycles. The number of nitrogens with zero attached hydrogens (tertiary/aromatic N) is 2. The number of nitrogen functional groups attached to an aromatic ring is 1. The number of nitrogens with one attached hydrogen (secondary N) is 1. The number of hydrogen-bond acceptors (Lipinski definition) is 6. The van der Waals surface area contributed by atoms with Crippen molar-refractivity contribution in [2.75, 3.05) is 5.73 Å². The average Bonchev–Trinajstić information content (AvgIpc) is 2.31. The van der Waals surface area contributed by atoms with Crippen LogP contribution in [0.4, 0.5) is 5.82 Å². The second kappa shape index (κ2) is 4.05. The van der Waals surface area contributed by atoms with E-state index in [0.717, 1.165) is 11.6 Å². The largest absolute Gasteiger partial charge is 0.384 e. The van der Waals surface area contributed by atoms with Crippen LogP contribution in [0.3, 0.4) is 0 Å². The van der Waals surface area contributed by atoms with Crippen molar-refractivity contribution in [1.29, 1.82) is 0 Å².